The fourth-order valence-electron chi connectivity index (χ4n) is 3.76. The normalized spacial score (nSPS) is 19.3. The van der Waals surface area contributed by atoms with E-state index in [1.807, 2.05) is 6.92 Å². The summed E-state index contributed by atoms with van der Waals surface area (Å²) < 4.78 is 30.6. The van der Waals surface area contributed by atoms with Gasteiger partial charge in [0.2, 0.25) is 10.0 Å². The number of fused-ring (bicyclic) bond motifs is 1. The van der Waals surface area contributed by atoms with Crippen LogP contribution in [0.25, 0.3) is 0 Å². The number of nitrogens with zero attached hydrogens (tertiary/aromatic N) is 4. The van der Waals surface area contributed by atoms with Crippen LogP contribution in [0.4, 0.5) is 0 Å². The van der Waals surface area contributed by atoms with Crippen molar-refractivity contribution in [2.75, 3.05) is 13.1 Å². The number of aromatic nitrogens is 3. The van der Waals surface area contributed by atoms with Crippen molar-refractivity contribution in [1.82, 2.24) is 19.1 Å². The molecule has 0 amide bonds. The lowest BCUT2D eigenvalue weighted by Crippen LogP contribution is -2.38. The van der Waals surface area contributed by atoms with Crippen LogP contribution < -0.4 is 0 Å². The molecule has 0 aliphatic carbocycles. The van der Waals surface area contributed by atoms with Crippen LogP contribution in [-0.2, 0) is 23.0 Å². The lowest BCUT2D eigenvalue weighted by molar-refractivity contribution is 0.309. The zero-order valence-electron chi connectivity index (χ0n) is 14.2. The highest BCUT2D eigenvalue weighted by Gasteiger charge is 2.33. The molecule has 6 nitrogen and oxygen atoms in total. The van der Waals surface area contributed by atoms with Crippen LogP contribution in [-0.4, -0.2) is 40.6 Å². The van der Waals surface area contributed by atoms with Gasteiger partial charge in [-0.1, -0.05) is 15.9 Å². The van der Waals surface area contributed by atoms with E-state index in [9.17, 15) is 8.42 Å². The summed E-state index contributed by atoms with van der Waals surface area (Å²) in [6.07, 6.45) is 3.73. The van der Waals surface area contributed by atoms with Gasteiger partial charge >= 0.3 is 0 Å². The van der Waals surface area contributed by atoms with Gasteiger partial charge in [-0.3, -0.25) is 0 Å². The molecule has 0 spiro atoms. The maximum Gasteiger partial charge on any atom is 0.243 e. The highest BCUT2D eigenvalue weighted by molar-refractivity contribution is 9.10. The molecule has 25 heavy (non-hydrogen) atoms. The van der Waals surface area contributed by atoms with Gasteiger partial charge < -0.3 is 4.57 Å². The monoisotopic (exact) mass is 424 g/mol. The van der Waals surface area contributed by atoms with Crippen molar-refractivity contribution in [1.29, 1.82) is 0 Å². The summed E-state index contributed by atoms with van der Waals surface area (Å²) in [6.45, 7) is 3.96. The molecule has 1 aromatic carbocycles. The molecule has 2 aromatic rings. The standard InChI is InChI=1S/C17H21BrN4O2S/c1-12-11-14(4-5-15(12)18)25(23,24)21-9-6-13(7-10-21)17-20-19-16-3-2-8-22(16)17/h4-5,11,13H,2-3,6-10H2,1H3. The highest BCUT2D eigenvalue weighted by Crippen LogP contribution is 2.32. The molecule has 8 heteroatoms. The topological polar surface area (TPSA) is 68.1 Å². The first-order valence-electron chi connectivity index (χ1n) is 8.65. The summed E-state index contributed by atoms with van der Waals surface area (Å²) in [5, 5.41) is 8.65. The zero-order valence-corrected chi connectivity index (χ0v) is 16.6. The molecule has 0 N–H and O–H groups in total. The molecule has 1 saturated heterocycles. The number of piperidine rings is 1. The quantitative estimate of drug-likeness (QED) is 0.759. The van der Waals surface area contributed by atoms with E-state index < -0.39 is 10.0 Å². The summed E-state index contributed by atoms with van der Waals surface area (Å²) in [4.78, 5) is 0.370. The Labute approximate surface area is 156 Å². The largest absolute Gasteiger partial charge is 0.315 e. The summed E-state index contributed by atoms with van der Waals surface area (Å²) in [5.41, 5.74) is 0.926. The molecular weight excluding hydrogens is 404 g/mol. The van der Waals surface area contributed by atoms with Crippen molar-refractivity contribution in [3.63, 3.8) is 0 Å². The van der Waals surface area contributed by atoms with Crippen LogP contribution >= 0.6 is 15.9 Å². The first kappa shape index (κ1) is 17.2. The maximum atomic E-state index is 12.9. The van der Waals surface area contributed by atoms with Crippen molar-refractivity contribution >= 4 is 26.0 Å². The van der Waals surface area contributed by atoms with Gasteiger partial charge in [-0.15, -0.1) is 10.2 Å². The molecule has 2 aliphatic rings. The SMILES string of the molecule is Cc1cc(S(=O)(=O)N2CCC(c3nnc4n3CCC4)CC2)ccc1Br. The summed E-state index contributed by atoms with van der Waals surface area (Å²) in [7, 11) is -3.44. The highest BCUT2D eigenvalue weighted by atomic mass is 79.9. The lowest BCUT2D eigenvalue weighted by atomic mass is 9.97. The Kier molecular flexibility index (Phi) is 4.45. The Bertz CT molecular complexity index is 901. The number of hydrogen-bond donors (Lipinski definition) is 0. The molecule has 1 fully saturated rings. The Morgan fingerprint density at radius 2 is 1.92 bits per heavy atom. The van der Waals surface area contributed by atoms with Crippen LogP contribution in [0.2, 0.25) is 0 Å². The van der Waals surface area contributed by atoms with Gasteiger partial charge in [0.15, 0.2) is 0 Å². The van der Waals surface area contributed by atoms with E-state index in [0.717, 1.165) is 53.9 Å². The molecular formula is C17H21BrN4O2S. The van der Waals surface area contributed by atoms with E-state index in [1.165, 1.54) is 0 Å². The van der Waals surface area contributed by atoms with Crippen molar-refractivity contribution in [2.45, 2.75) is 50.0 Å². The van der Waals surface area contributed by atoms with Crippen LogP contribution in [0, 0.1) is 6.92 Å². The second kappa shape index (κ2) is 6.48. The fraction of sp³-hybridized carbons (Fsp3) is 0.529. The molecule has 0 atom stereocenters. The van der Waals surface area contributed by atoms with Crippen molar-refractivity contribution in [3.05, 3.63) is 39.9 Å². The van der Waals surface area contributed by atoms with Crippen molar-refractivity contribution in [3.8, 4) is 0 Å². The second-order valence-corrected chi connectivity index (χ2v) is 9.61. The van der Waals surface area contributed by atoms with E-state index in [1.54, 1.807) is 22.5 Å². The molecule has 3 heterocycles. The molecule has 0 radical (unpaired) electrons. The van der Waals surface area contributed by atoms with Crippen molar-refractivity contribution < 1.29 is 8.42 Å². The zero-order chi connectivity index (χ0) is 17.6. The van der Waals surface area contributed by atoms with Crippen LogP contribution in [0.3, 0.4) is 0 Å². The maximum absolute atomic E-state index is 12.9. The molecule has 0 bridgehead atoms. The summed E-state index contributed by atoms with van der Waals surface area (Å²) >= 11 is 3.42. The molecule has 0 saturated carbocycles. The fourth-order valence-corrected chi connectivity index (χ4v) is 5.56. The van der Waals surface area contributed by atoms with Gasteiger partial charge in [0.05, 0.1) is 4.90 Å². The first-order chi connectivity index (χ1) is 12.0. The lowest BCUT2D eigenvalue weighted by Gasteiger charge is -2.30. The Balaban J connectivity index is 1.50. The number of benzene rings is 1. The Hall–Kier alpha value is -1.25. The third-order valence-electron chi connectivity index (χ3n) is 5.22. The number of halogens is 1. The minimum absolute atomic E-state index is 0.303. The molecule has 0 unspecified atom stereocenters. The van der Waals surface area contributed by atoms with Gasteiger partial charge in [0.1, 0.15) is 11.6 Å². The van der Waals surface area contributed by atoms with E-state index >= 15 is 0 Å². The Morgan fingerprint density at radius 1 is 1.16 bits per heavy atom. The van der Waals surface area contributed by atoms with E-state index in [0.29, 0.717) is 23.9 Å². The number of rotatable bonds is 3. The van der Waals surface area contributed by atoms with E-state index in [4.69, 9.17) is 0 Å². The van der Waals surface area contributed by atoms with E-state index in [2.05, 4.69) is 30.7 Å². The van der Waals surface area contributed by atoms with Gasteiger partial charge in [-0.25, -0.2) is 8.42 Å². The predicted molar refractivity (Wildman–Crippen MR) is 98.0 cm³/mol. The number of sulfonamides is 1. The molecule has 134 valence electrons. The predicted octanol–water partition coefficient (Wildman–Crippen LogP) is 2.86. The van der Waals surface area contributed by atoms with Crippen molar-refractivity contribution in [2.24, 2.45) is 0 Å². The number of hydrogen-bond acceptors (Lipinski definition) is 4. The summed E-state index contributed by atoms with van der Waals surface area (Å²) in [5.74, 6) is 2.43. The third-order valence-corrected chi connectivity index (χ3v) is 8.01. The van der Waals surface area contributed by atoms with E-state index in [-0.39, 0.29) is 0 Å². The summed E-state index contributed by atoms with van der Waals surface area (Å²) in [6, 6.07) is 5.20. The average Bonchev–Trinajstić information content (AvgIpc) is 3.21. The number of aryl methyl sites for hydroxylation is 2. The van der Waals surface area contributed by atoms with Gasteiger partial charge in [0, 0.05) is 36.4 Å². The first-order valence-corrected chi connectivity index (χ1v) is 10.9. The van der Waals surface area contributed by atoms with Gasteiger partial charge in [-0.05, 0) is 49.9 Å². The molecule has 2 aliphatic heterocycles. The smallest absolute Gasteiger partial charge is 0.243 e. The van der Waals surface area contributed by atoms with Crippen LogP contribution in [0.15, 0.2) is 27.6 Å². The molecule has 1 aromatic heterocycles. The third kappa shape index (κ3) is 3.04. The minimum atomic E-state index is -3.44. The minimum Gasteiger partial charge on any atom is -0.315 e. The Morgan fingerprint density at radius 3 is 2.64 bits per heavy atom. The van der Waals surface area contributed by atoms with Gasteiger partial charge in [0.25, 0.3) is 0 Å². The second-order valence-electron chi connectivity index (χ2n) is 6.82. The van der Waals surface area contributed by atoms with Crippen LogP contribution in [0.5, 0.6) is 0 Å². The van der Waals surface area contributed by atoms with Crippen LogP contribution in [0.1, 0.15) is 42.4 Å². The van der Waals surface area contributed by atoms with Gasteiger partial charge in [-0.2, -0.15) is 4.31 Å². The average molecular weight is 425 g/mol. The molecule has 4 rings (SSSR count).